The van der Waals surface area contributed by atoms with Gasteiger partial charge >= 0.3 is 0 Å². The van der Waals surface area contributed by atoms with Gasteiger partial charge < -0.3 is 10.2 Å². The van der Waals surface area contributed by atoms with Gasteiger partial charge in [-0.15, -0.1) is 0 Å². The molecule has 1 aromatic carbocycles. The van der Waals surface area contributed by atoms with Gasteiger partial charge in [-0.05, 0) is 63.9 Å². The lowest BCUT2D eigenvalue weighted by Gasteiger charge is -2.41. The molecule has 0 radical (unpaired) electrons. The van der Waals surface area contributed by atoms with E-state index in [-0.39, 0.29) is 0 Å². The molecule has 1 aromatic rings. The number of aryl methyl sites for hydroxylation is 1. The van der Waals surface area contributed by atoms with Crippen LogP contribution in [0.1, 0.15) is 38.7 Å². The van der Waals surface area contributed by atoms with Crippen molar-refractivity contribution in [2.45, 2.75) is 52.1 Å². The summed E-state index contributed by atoms with van der Waals surface area (Å²) >= 11 is 5.58. The largest absolute Gasteiger partial charge is 0.344 e. The molecule has 0 aromatic heterocycles. The van der Waals surface area contributed by atoms with Gasteiger partial charge in [0.05, 0.1) is 0 Å². The molecular weight excluding hydrogens is 240 g/mol. The van der Waals surface area contributed by atoms with Crippen LogP contribution in [0.2, 0.25) is 0 Å². The Balaban J connectivity index is 2.09. The summed E-state index contributed by atoms with van der Waals surface area (Å²) in [6.07, 6.45) is 3.78. The number of rotatable bonds is 1. The third kappa shape index (κ3) is 2.83. The number of para-hydroxylation sites is 1. The standard InChI is InChI=1S/C15H22N2S/c1-11-7-4-5-10-14(11)16-15(18)17-12(2)8-6-9-13(17)3/h4-5,7,10,12-13H,6,8-9H2,1-3H3,(H,16,18). The highest BCUT2D eigenvalue weighted by atomic mass is 32.1. The van der Waals surface area contributed by atoms with Crippen LogP contribution in [0, 0.1) is 6.92 Å². The number of likely N-dealkylation sites (tertiary alicyclic amines) is 1. The van der Waals surface area contributed by atoms with Gasteiger partial charge in [-0.25, -0.2) is 0 Å². The zero-order valence-corrected chi connectivity index (χ0v) is 12.3. The van der Waals surface area contributed by atoms with Crippen LogP contribution in [0.4, 0.5) is 5.69 Å². The third-order valence-corrected chi connectivity index (χ3v) is 4.13. The van der Waals surface area contributed by atoms with Gasteiger partial charge in [0.15, 0.2) is 5.11 Å². The fourth-order valence-electron chi connectivity index (χ4n) is 2.71. The first-order chi connectivity index (χ1) is 8.59. The molecule has 2 unspecified atom stereocenters. The second-order valence-electron chi connectivity index (χ2n) is 5.28. The molecule has 0 bridgehead atoms. The Bertz CT molecular complexity index is 420. The van der Waals surface area contributed by atoms with Crippen LogP contribution in [-0.2, 0) is 0 Å². The fourth-order valence-corrected chi connectivity index (χ4v) is 3.18. The topological polar surface area (TPSA) is 15.3 Å². The van der Waals surface area contributed by atoms with E-state index < -0.39 is 0 Å². The summed E-state index contributed by atoms with van der Waals surface area (Å²) in [5.74, 6) is 0. The average Bonchev–Trinajstić information content (AvgIpc) is 2.32. The molecule has 2 rings (SSSR count). The molecule has 0 saturated carbocycles. The molecule has 2 atom stereocenters. The summed E-state index contributed by atoms with van der Waals surface area (Å²) in [6.45, 7) is 6.64. The number of thiocarbonyl (C=S) groups is 1. The van der Waals surface area contributed by atoms with Crippen molar-refractivity contribution in [1.82, 2.24) is 4.90 Å². The lowest BCUT2D eigenvalue weighted by atomic mass is 9.98. The van der Waals surface area contributed by atoms with Gasteiger partial charge in [0.1, 0.15) is 0 Å². The van der Waals surface area contributed by atoms with Gasteiger partial charge in [0.2, 0.25) is 0 Å². The Morgan fingerprint density at radius 1 is 1.22 bits per heavy atom. The normalized spacial score (nSPS) is 23.8. The Morgan fingerprint density at radius 2 is 1.83 bits per heavy atom. The van der Waals surface area contributed by atoms with E-state index in [0.29, 0.717) is 12.1 Å². The molecule has 1 fully saturated rings. The number of hydrogen-bond donors (Lipinski definition) is 1. The summed E-state index contributed by atoms with van der Waals surface area (Å²) in [5.41, 5.74) is 2.35. The van der Waals surface area contributed by atoms with Crippen molar-refractivity contribution in [3.8, 4) is 0 Å². The van der Waals surface area contributed by atoms with Gasteiger partial charge in [-0.2, -0.15) is 0 Å². The molecule has 98 valence electrons. The maximum atomic E-state index is 5.58. The molecule has 1 saturated heterocycles. The number of nitrogens with zero attached hydrogens (tertiary/aromatic N) is 1. The zero-order valence-electron chi connectivity index (χ0n) is 11.4. The van der Waals surface area contributed by atoms with Crippen LogP contribution in [0.25, 0.3) is 0 Å². The predicted molar refractivity (Wildman–Crippen MR) is 82.0 cm³/mol. The first kappa shape index (κ1) is 13.3. The summed E-state index contributed by atoms with van der Waals surface area (Å²) in [5, 5.41) is 4.26. The minimum atomic E-state index is 0.540. The fraction of sp³-hybridized carbons (Fsp3) is 0.533. The van der Waals surface area contributed by atoms with Gasteiger partial charge in [-0.3, -0.25) is 0 Å². The number of benzene rings is 1. The van der Waals surface area contributed by atoms with Gasteiger partial charge in [0, 0.05) is 17.8 Å². The highest BCUT2D eigenvalue weighted by molar-refractivity contribution is 7.80. The molecule has 1 heterocycles. The van der Waals surface area contributed by atoms with Crippen LogP contribution in [-0.4, -0.2) is 22.1 Å². The van der Waals surface area contributed by atoms with Crippen LogP contribution < -0.4 is 5.32 Å². The van der Waals surface area contributed by atoms with E-state index in [4.69, 9.17) is 12.2 Å². The van der Waals surface area contributed by atoms with Crippen LogP contribution in [0.5, 0.6) is 0 Å². The van der Waals surface area contributed by atoms with E-state index in [2.05, 4.69) is 49.2 Å². The maximum Gasteiger partial charge on any atom is 0.173 e. The average molecular weight is 262 g/mol. The smallest absolute Gasteiger partial charge is 0.173 e. The first-order valence-corrected chi connectivity index (χ1v) is 7.15. The summed E-state index contributed by atoms with van der Waals surface area (Å²) in [6, 6.07) is 9.36. The summed E-state index contributed by atoms with van der Waals surface area (Å²) in [4.78, 5) is 2.35. The van der Waals surface area contributed by atoms with Gasteiger partial charge in [-0.1, -0.05) is 18.2 Å². The van der Waals surface area contributed by atoms with Crippen molar-refractivity contribution < 1.29 is 0 Å². The monoisotopic (exact) mass is 262 g/mol. The first-order valence-electron chi connectivity index (χ1n) is 6.74. The minimum absolute atomic E-state index is 0.540. The number of hydrogen-bond acceptors (Lipinski definition) is 1. The molecule has 0 amide bonds. The molecule has 1 aliphatic rings. The molecule has 18 heavy (non-hydrogen) atoms. The van der Waals surface area contributed by atoms with E-state index in [1.807, 2.05) is 6.07 Å². The minimum Gasteiger partial charge on any atom is -0.344 e. The Morgan fingerprint density at radius 3 is 2.44 bits per heavy atom. The Labute approximate surface area is 115 Å². The van der Waals surface area contributed by atoms with E-state index in [1.54, 1.807) is 0 Å². The number of anilines is 1. The van der Waals surface area contributed by atoms with Crippen LogP contribution >= 0.6 is 12.2 Å². The maximum absolute atomic E-state index is 5.58. The van der Waals surface area contributed by atoms with Crippen LogP contribution in [0.3, 0.4) is 0 Å². The molecule has 0 aliphatic carbocycles. The van der Waals surface area contributed by atoms with Crippen molar-refractivity contribution in [1.29, 1.82) is 0 Å². The molecule has 0 spiro atoms. The summed E-state index contributed by atoms with van der Waals surface area (Å²) in [7, 11) is 0. The zero-order chi connectivity index (χ0) is 13.1. The highest BCUT2D eigenvalue weighted by Crippen LogP contribution is 2.24. The third-order valence-electron chi connectivity index (χ3n) is 3.81. The van der Waals surface area contributed by atoms with Crippen molar-refractivity contribution >= 4 is 23.0 Å². The quantitative estimate of drug-likeness (QED) is 0.771. The molecule has 1 aliphatic heterocycles. The summed E-state index contributed by atoms with van der Waals surface area (Å²) < 4.78 is 0. The predicted octanol–water partition coefficient (Wildman–Crippen LogP) is 3.95. The van der Waals surface area contributed by atoms with Gasteiger partial charge in [0.25, 0.3) is 0 Å². The second-order valence-corrected chi connectivity index (χ2v) is 5.67. The van der Waals surface area contributed by atoms with Crippen molar-refractivity contribution in [3.63, 3.8) is 0 Å². The van der Waals surface area contributed by atoms with Crippen molar-refractivity contribution in [2.24, 2.45) is 0 Å². The van der Waals surface area contributed by atoms with E-state index in [0.717, 1.165) is 10.8 Å². The van der Waals surface area contributed by atoms with Crippen LogP contribution in [0.15, 0.2) is 24.3 Å². The Kier molecular flexibility index (Phi) is 4.23. The highest BCUT2D eigenvalue weighted by Gasteiger charge is 2.26. The van der Waals surface area contributed by atoms with Crippen molar-refractivity contribution in [2.75, 3.05) is 5.32 Å². The molecule has 1 N–H and O–H groups in total. The number of piperidine rings is 1. The molecule has 2 nitrogen and oxygen atoms in total. The molecule has 3 heteroatoms. The molecular formula is C15H22N2S. The van der Waals surface area contributed by atoms with E-state index >= 15 is 0 Å². The number of nitrogens with one attached hydrogen (secondary N) is 1. The lowest BCUT2D eigenvalue weighted by Crippen LogP contribution is -2.49. The van der Waals surface area contributed by atoms with Crippen molar-refractivity contribution in [3.05, 3.63) is 29.8 Å². The van der Waals surface area contributed by atoms with E-state index in [9.17, 15) is 0 Å². The Hall–Kier alpha value is -1.09. The van der Waals surface area contributed by atoms with E-state index in [1.165, 1.54) is 24.8 Å². The second kappa shape index (κ2) is 5.70. The SMILES string of the molecule is Cc1ccccc1NC(=S)N1C(C)CCCC1C. The lowest BCUT2D eigenvalue weighted by molar-refractivity contribution is 0.194.